The van der Waals surface area contributed by atoms with Crippen LogP contribution in [-0.2, 0) is 19.2 Å². The Morgan fingerprint density at radius 2 is 1.81 bits per heavy atom. The van der Waals surface area contributed by atoms with Crippen molar-refractivity contribution < 1.29 is 53.2 Å². The Labute approximate surface area is 250 Å². The third kappa shape index (κ3) is 4.78. The number of carbonyl (C=O) groups is 4. The van der Waals surface area contributed by atoms with E-state index in [2.05, 4.69) is 10.8 Å². The van der Waals surface area contributed by atoms with Crippen molar-refractivity contribution in [3.63, 3.8) is 0 Å². The van der Waals surface area contributed by atoms with Crippen LogP contribution in [0.1, 0.15) is 41.6 Å². The minimum Gasteiger partial charge on any atom is -0.507 e. The maximum absolute atomic E-state index is 14.2. The van der Waals surface area contributed by atoms with E-state index in [0.29, 0.717) is 5.56 Å². The number of amides is 2. The zero-order valence-corrected chi connectivity index (χ0v) is 24.4. The molecule has 2 heterocycles. The Kier molecular flexibility index (Phi) is 7.88. The number of allylic oxidation sites excluding steroid dienone is 1. The van der Waals surface area contributed by atoms with E-state index in [-0.39, 0.29) is 57.9 Å². The van der Waals surface area contributed by atoms with Gasteiger partial charge in [-0.25, -0.2) is 5.48 Å². The highest BCUT2D eigenvalue weighted by molar-refractivity contribution is 6.35. The first-order valence-electron chi connectivity index (χ1n) is 13.2. The third-order valence-electron chi connectivity index (χ3n) is 7.93. The van der Waals surface area contributed by atoms with E-state index in [1.54, 1.807) is 6.92 Å². The number of carbonyl (C=O) groups excluding carboxylic acids is 4. The topological polar surface area (TPSA) is 179 Å². The molecule has 0 bridgehead atoms. The number of ketones is 2. The summed E-state index contributed by atoms with van der Waals surface area (Å²) in [6.45, 7) is 1.47. The van der Waals surface area contributed by atoms with E-state index < -0.39 is 59.0 Å². The number of phenolic OH excluding ortho intramolecular Hbond substituents is 1. The maximum atomic E-state index is 14.2. The second kappa shape index (κ2) is 11.3. The van der Waals surface area contributed by atoms with Crippen LogP contribution in [0.2, 0.25) is 5.02 Å². The highest BCUT2D eigenvalue weighted by Crippen LogP contribution is 2.56. The number of aromatic hydroxyl groups is 1. The van der Waals surface area contributed by atoms with Crippen LogP contribution in [0, 0.1) is 5.92 Å². The molecule has 0 aromatic heterocycles. The summed E-state index contributed by atoms with van der Waals surface area (Å²) >= 11 is 6.52. The number of aliphatic hydroxyl groups is 1. The predicted octanol–water partition coefficient (Wildman–Crippen LogP) is 2.53. The smallest absolute Gasteiger partial charge is 0.268 e. The van der Waals surface area contributed by atoms with Gasteiger partial charge in [-0.05, 0) is 17.7 Å². The van der Waals surface area contributed by atoms with E-state index in [1.807, 2.05) is 0 Å². The molecule has 4 N–H and O–H groups in total. The summed E-state index contributed by atoms with van der Waals surface area (Å²) in [7, 11) is 4.05. The average Bonchev–Trinajstić information content (AvgIpc) is 3.53. The molecule has 4 atom stereocenters. The van der Waals surface area contributed by atoms with E-state index in [4.69, 9.17) is 35.4 Å². The Morgan fingerprint density at radius 3 is 2.44 bits per heavy atom. The highest BCUT2D eigenvalue weighted by Gasteiger charge is 2.61. The lowest BCUT2D eigenvalue weighted by Crippen LogP contribution is -2.53. The van der Waals surface area contributed by atoms with Crippen molar-refractivity contribution in [2.24, 2.45) is 5.92 Å². The molecule has 1 saturated heterocycles. The van der Waals surface area contributed by atoms with E-state index in [0.717, 1.165) is 0 Å². The minimum absolute atomic E-state index is 0.0294. The first-order valence-corrected chi connectivity index (χ1v) is 13.6. The standard InChI is InChI=1S/C29H29ClN2O11/c1-12-7-17(34)22(26(36)29(12)27(37)23-19(40-3)10-20(41-4)24(30)25(23)43-29)14(13-5-6-16(33)18(8-13)39-2)9-21(35)31-15-11-42-32-28(15)38/h5-6,8,10,12,14-15,33,36H,7,9,11H2,1-4H3,(H,31,35)(H,32,38)/t12-,14?,15-,29+/m1/s1. The fourth-order valence-electron chi connectivity index (χ4n) is 5.72. The number of methoxy groups -OCH3 is 3. The number of benzene rings is 2. The first kappa shape index (κ1) is 30.0. The number of hydroxylamine groups is 1. The summed E-state index contributed by atoms with van der Waals surface area (Å²) in [6.07, 6.45) is -0.672. The van der Waals surface area contributed by atoms with Crippen LogP contribution < -0.4 is 29.7 Å². The van der Waals surface area contributed by atoms with Crippen LogP contribution in [0.3, 0.4) is 0 Å². The second-order valence-electron chi connectivity index (χ2n) is 10.3. The SMILES string of the molecule is COc1cc(C(CC(=O)N[C@@H]2CONC2=O)C2=C(O)[C@@]3(Oc4c(Cl)c(OC)cc(OC)c4C3=O)[C@H](C)CC2=O)ccc1O. The van der Waals surface area contributed by atoms with Gasteiger partial charge in [0.15, 0.2) is 28.8 Å². The number of hydrogen-bond acceptors (Lipinski definition) is 11. The minimum atomic E-state index is -2.08. The van der Waals surface area contributed by atoms with E-state index in [9.17, 15) is 29.4 Å². The summed E-state index contributed by atoms with van der Waals surface area (Å²) in [6, 6.07) is 4.62. The molecular formula is C29H29ClN2O11. The summed E-state index contributed by atoms with van der Waals surface area (Å²) in [5.41, 5.74) is 0.0822. The maximum Gasteiger partial charge on any atom is 0.268 e. The van der Waals surface area contributed by atoms with Gasteiger partial charge in [0.2, 0.25) is 17.3 Å². The van der Waals surface area contributed by atoms with Gasteiger partial charge in [-0.15, -0.1) is 0 Å². The Bertz CT molecular complexity index is 1570. The molecule has 2 amide bonds. The van der Waals surface area contributed by atoms with Crippen LogP contribution in [0.4, 0.5) is 0 Å². The molecule has 1 fully saturated rings. The Morgan fingerprint density at radius 1 is 1.12 bits per heavy atom. The van der Waals surface area contributed by atoms with Crippen molar-refractivity contribution in [3.8, 4) is 28.7 Å². The van der Waals surface area contributed by atoms with Crippen molar-refractivity contribution in [1.29, 1.82) is 0 Å². The normalized spacial score (nSPS) is 23.5. The highest BCUT2D eigenvalue weighted by atomic mass is 35.5. The summed E-state index contributed by atoms with van der Waals surface area (Å²) in [4.78, 5) is 57.9. The van der Waals surface area contributed by atoms with Crippen LogP contribution in [0.25, 0.3) is 0 Å². The molecule has 2 aromatic rings. The number of Topliss-reactive ketones (excluding diaryl/α,β-unsaturated/α-hetero) is 2. The van der Waals surface area contributed by atoms with E-state index in [1.165, 1.54) is 45.6 Å². The number of rotatable bonds is 8. The molecule has 13 nitrogen and oxygen atoms in total. The third-order valence-corrected chi connectivity index (χ3v) is 8.29. The summed E-state index contributed by atoms with van der Waals surface area (Å²) < 4.78 is 22.2. The van der Waals surface area contributed by atoms with Crippen molar-refractivity contribution in [3.05, 3.63) is 51.7 Å². The zero-order valence-electron chi connectivity index (χ0n) is 23.6. The van der Waals surface area contributed by atoms with Gasteiger partial charge in [0, 0.05) is 36.3 Å². The zero-order chi connectivity index (χ0) is 31.2. The first-order chi connectivity index (χ1) is 20.5. The average molecular weight is 617 g/mol. The number of ether oxygens (including phenoxy) is 4. The number of phenols is 1. The molecule has 1 aliphatic carbocycles. The lowest BCUT2D eigenvalue weighted by molar-refractivity contribution is -0.129. The fourth-order valence-corrected chi connectivity index (χ4v) is 5.99. The largest absolute Gasteiger partial charge is 0.507 e. The van der Waals surface area contributed by atoms with Crippen molar-refractivity contribution in [2.45, 2.75) is 37.3 Å². The Hall–Kier alpha value is -4.49. The summed E-state index contributed by atoms with van der Waals surface area (Å²) in [5.74, 6) is -5.13. The number of fused-ring (bicyclic) bond motifs is 1. The molecule has 0 radical (unpaired) electrons. The summed E-state index contributed by atoms with van der Waals surface area (Å²) in [5, 5.41) is 24.7. The predicted molar refractivity (Wildman–Crippen MR) is 149 cm³/mol. The van der Waals surface area contributed by atoms with E-state index >= 15 is 0 Å². The Balaban J connectivity index is 1.66. The van der Waals surface area contributed by atoms with Crippen molar-refractivity contribution in [1.82, 2.24) is 10.8 Å². The van der Waals surface area contributed by atoms with Crippen LogP contribution >= 0.6 is 11.6 Å². The van der Waals surface area contributed by atoms with Gasteiger partial charge in [0.25, 0.3) is 5.91 Å². The molecule has 228 valence electrons. The van der Waals surface area contributed by atoms with Crippen LogP contribution in [0.15, 0.2) is 35.6 Å². The molecule has 43 heavy (non-hydrogen) atoms. The molecule has 0 saturated carbocycles. The van der Waals surface area contributed by atoms with Gasteiger partial charge in [0.1, 0.15) is 34.7 Å². The molecule has 5 rings (SSSR count). The molecule has 1 unspecified atom stereocenters. The van der Waals surface area contributed by atoms with Crippen LogP contribution in [-0.4, -0.2) is 73.2 Å². The van der Waals surface area contributed by atoms with Crippen molar-refractivity contribution in [2.75, 3.05) is 27.9 Å². The van der Waals surface area contributed by atoms with Gasteiger partial charge in [0.05, 0.1) is 21.3 Å². The number of hydrogen-bond donors (Lipinski definition) is 4. The number of halogens is 1. The molecule has 2 aromatic carbocycles. The number of nitrogens with one attached hydrogen (secondary N) is 2. The van der Waals surface area contributed by atoms with Gasteiger partial charge >= 0.3 is 0 Å². The lowest BCUT2D eigenvalue weighted by Gasteiger charge is -2.38. The van der Waals surface area contributed by atoms with Gasteiger partial charge in [-0.1, -0.05) is 24.6 Å². The fraction of sp³-hybridized carbons (Fsp3) is 0.379. The second-order valence-corrected chi connectivity index (χ2v) is 10.7. The van der Waals surface area contributed by atoms with Crippen molar-refractivity contribution >= 4 is 35.0 Å². The van der Waals surface area contributed by atoms with Crippen LogP contribution in [0.5, 0.6) is 28.7 Å². The molecule has 3 aliphatic rings. The van der Waals surface area contributed by atoms with Gasteiger partial charge in [-0.3, -0.25) is 24.0 Å². The molecule has 2 aliphatic heterocycles. The monoisotopic (exact) mass is 616 g/mol. The lowest BCUT2D eigenvalue weighted by atomic mass is 9.69. The quantitative estimate of drug-likeness (QED) is 0.342. The van der Waals surface area contributed by atoms with Gasteiger partial charge in [-0.2, -0.15) is 0 Å². The number of aliphatic hydroxyl groups excluding tert-OH is 1. The van der Waals surface area contributed by atoms with Gasteiger partial charge < -0.3 is 34.5 Å². The molecule has 14 heteroatoms. The molecule has 1 spiro atoms. The molecular weight excluding hydrogens is 588 g/mol.